The molecule has 0 aliphatic rings. The lowest BCUT2D eigenvalue weighted by Gasteiger charge is -2.10. The second-order valence-corrected chi connectivity index (χ2v) is 4.26. The Kier molecular flexibility index (Phi) is 4.62. The summed E-state index contributed by atoms with van der Waals surface area (Å²) in [7, 11) is 3.48. The van der Waals surface area contributed by atoms with Crippen LogP contribution in [0.2, 0.25) is 0 Å². The Bertz CT molecular complexity index is 339. The number of hydrogen-bond donors (Lipinski definition) is 0. The zero-order valence-corrected chi connectivity index (χ0v) is 10.5. The van der Waals surface area contributed by atoms with Crippen molar-refractivity contribution in [1.29, 1.82) is 0 Å². The van der Waals surface area contributed by atoms with Crippen LogP contribution in [0.1, 0.15) is 6.42 Å². The van der Waals surface area contributed by atoms with E-state index >= 15 is 0 Å². The molecule has 0 unspecified atom stereocenters. The SMILES string of the molecule is CN(C)C(=O)CCOc1cccc(Br)c1. The van der Waals surface area contributed by atoms with E-state index in [-0.39, 0.29) is 5.91 Å². The van der Waals surface area contributed by atoms with Crippen molar-refractivity contribution >= 4 is 21.8 Å². The van der Waals surface area contributed by atoms with Gasteiger partial charge in [0.25, 0.3) is 0 Å². The fourth-order valence-corrected chi connectivity index (χ4v) is 1.41. The highest BCUT2D eigenvalue weighted by atomic mass is 79.9. The summed E-state index contributed by atoms with van der Waals surface area (Å²) in [6.07, 6.45) is 0.402. The zero-order chi connectivity index (χ0) is 11.3. The summed E-state index contributed by atoms with van der Waals surface area (Å²) in [6, 6.07) is 7.57. The molecule has 15 heavy (non-hydrogen) atoms. The van der Waals surface area contributed by atoms with Crippen molar-refractivity contribution in [2.45, 2.75) is 6.42 Å². The molecular formula is C11H14BrNO2. The van der Waals surface area contributed by atoms with E-state index in [0.29, 0.717) is 13.0 Å². The predicted octanol–water partition coefficient (Wildman–Crippen LogP) is 2.31. The Morgan fingerprint density at radius 3 is 2.80 bits per heavy atom. The number of rotatable bonds is 4. The quantitative estimate of drug-likeness (QED) is 0.841. The summed E-state index contributed by atoms with van der Waals surface area (Å²) in [5.74, 6) is 0.848. The van der Waals surface area contributed by atoms with Gasteiger partial charge in [0.1, 0.15) is 5.75 Å². The number of carbonyl (C=O) groups excluding carboxylic acids is 1. The molecule has 1 aromatic rings. The number of ether oxygens (including phenoxy) is 1. The first kappa shape index (κ1) is 12.0. The van der Waals surface area contributed by atoms with Gasteiger partial charge in [0.15, 0.2) is 0 Å². The predicted molar refractivity (Wildman–Crippen MR) is 62.9 cm³/mol. The fraction of sp³-hybridized carbons (Fsp3) is 0.364. The summed E-state index contributed by atoms with van der Waals surface area (Å²) in [5.41, 5.74) is 0. The van der Waals surface area contributed by atoms with E-state index in [0.717, 1.165) is 10.2 Å². The molecule has 0 fully saturated rings. The summed E-state index contributed by atoms with van der Waals surface area (Å²) in [6.45, 7) is 0.410. The molecule has 4 heteroatoms. The van der Waals surface area contributed by atoms with Gasteiger partial charge in [-0.3, -0.25) is 4.79 Å². The Morgan fingerprint density at radius 1 is 1.47 bits per heavy atom. The van der Waals surface area contributed by atoms with Crippen molar-refractivity contribution in [1.82, 2.24) is 4.90 Å². The standard InChI is InChI=1S/C11H14BrNO2/c1-13(2)11(14)6-7-15-10-5-3-4-9(12)8-10/h3-5,8H,6-7H2,1-2H3. The Hall–Kier alpha value is -1.03. The second-order valence-electron chi connectivity index (χ2n) is 3.34. The third-order valence-electron chi connectivity index (χ3n) is 1.88. The van der Waals surface area contributed by atoms with E-state index in [2.05, 4.69) is 15.9 Å². The molecule has 0 aliphatic carbocycles. The molecule has 1 aromatic carbocycles. The molecule has 0 N–H and O–H groups in total. The lowest BCUT2D eigenvalue weighted by Crippen LogP contribution is -2.23. The lowest BCUT2D eigenvalue weighted by molar-refractivity contribution is -0.129. The van der Waals surface area contributed by atoms with E-state index in [1.165, 1.54) is 0 Å². The van der Waals surface area contributed by atoms with Gasteiger partial charge in [-0.1, -0.05) is 22.0 Å². The topological polar surface area (TPSA) is 29.5 Å². The molecule has 0 radical (unpaired) electrons. The smallest absolute Gasteiger partial charge is 0.225 e. The summed E-state index contributed by atoms with van der Waals surface area (Å²) in [4.78, 5) is 12.8. The first-order valence-corrected chi connectivity index (χ1v) is 5.47. The first-order valence-electron chi connectivity index (χ1n) is 4.68. The lowest BCUT2D eigenvalue weighted by atomic mass is 10.3. The Balaban J connectivity index is 2.35. The second kappa shape index (κ2) is 5.75. The van der Waals surface area contributed by atoms with E-state index in [4.69, 9.17) is 4.74 Å². The monoisotopic (exact) mass is 271 g/mol. The third-order valence-corrected chi connectivity index (χ3v) is 2.37. The Morgan fingerprint density at radius 2 is 2.20 bits per heavy atom. The van der Waals surface area contributed by atoms with Crippen molar-refractivity contribution in [3.63, 3.8) is 0 Å². The van der Waals surface area contributed by atoms with Gasteiger partial charge in [-0.05, 0) is 18.2 Å². The summed E-state index contributed by atoms with van der Waals surface area (Å²) in [5, 5.41) is 0. The molecular weight excluding hydrogens is 258 g/mol. The van der Waals surface area contributed by atoms with Crippen LogP contribution in [-0.2, 0) is 4.79 Å². The van der Waals surface area contributed by atoms with Crippen molar-refractivity contribution < 1.29 is 9.53 Å². The van der Waals surface area contributed by atoms with Crippen LogP contribution >= 0.6 is 15.9 Å². The molecule has 0 atom stereocenters. The average molecular weight is 272 g/mol. The minimum absolute atomic E-state index is 0.0741. The maximum Gasteiger partial charge on any atom is 0.225 e. The number of halogens is 1. The van der Waals surface area contributed by atoms with Crippen LogP contribution in [0.15, 0.2) is 28.7 Å². The first-order chi connectivity index (χ1) is 7.09. The molecule has 0 saturated carbocycles. The molecule has 82 valence electrons. The average Bonchev–Trinajstić information content (AvgIpc) is 2.17. The number of carbonyl (C=O) groups is 1. The van der Waals surface area contributed by atoms with E-state index in [9.17, 15) is 4.79 Å². The Labute approximate surface area is 98.2 Å². The molecule has 0 aromatic heterocycles. The van der Waals surface area contributed by atoms with Gasteiger partial charge in [0, 0.05) is 18.6 Å². The molecule has 3 nitrogen and oxygen atoms in total. The van der Waals surface area contributed by atoms with Crippen LogP contribution in [0.25, 0.3) is 0 Å². The normalized spacial score (nSPS) is 9.80. The van der Waals surface area contributed by atoms with Crippen molar-refractivity contribution in [2.24, 2.45) is 0 Å². The maximum atomic E-state index is 11.2. The van der Waals surface area contributed by atoms with Gasteiger partial charge in [0.2, 0.25) is 5.91 Å². The van der Waals surface area contributed by atoms with E-state index < -0.39 is 0 Å². The molecule has 1 amide bonds. The van der Waals surface area contributed by atoms with Crippen molar-refractivity contribution in [3.05, 3.63) is 28.7 Å². The number of hydrogen-bond acceptors (Lipinski definition) is 2. The van der Waals surface area contributed by atoms with Gasteiger partial charge < -0.3 is 9.64 Å². The van der Waals surface area contributed by atoms with Crippen molar-refractivity contribution in [3.8, 4) is 5.75 Å². The fourth-order valence-electron chi connectivity index (χ4n) is 1.04. The summed E-state index contributed by atoms with van der Waals surface area (Å²) < 4.78 is 6.40. The van der Waals surface area contributed by atoms with Gasteiger partial charge >= 0.3 is 0 Å². The molecule has 0 spiro atoms. The highest BCUT2D eigenvalue weighted by Crippen LogP contribution is 2.17. The minimum atomic E-state index is 0.0741. The van der Waals surface area contributed by atoms with Crippen LogP contribution in [-0.4, -0.2) is 31.5 Å². The summed E-state index contributed by atoms with van der Waals surface area (Å²) >= 11 is 3.35. The van der Waals surface area contributed by atoms with Gasteiger partial charge in [-0.15, -0.1) is 0 Å². The van der Waals surface area contributed by atoms with Crippen LogP contribution in [0, 0.1) is 0 Å². The van der Waals surface area contributed by atoms with Crippen molar-refractivity contribution in [2.75, 3.05) is 20.7 Å². The molecule has 1 rings (SSSR count). The molecule has 0 saturated heterocycles. The molecule has 0 aliphatic heterocycles. The van der Waals surface area contributed by atoms with Gasteiger partial charge in [-0.2, -0.15) is 0 Å². The van der Waals surface area contributed by atoms with E-state index in [1.807, 2.05) is 24.3 Å². The number of nitrogens with zero attached hydrogens (tertiary/aromatic N) is 1. The van der Waals surface area contributed by atoms with Crippen LogP contribution in [0.3, 0.4) is 0 Å². The number of benzene rings is 1. The van der Waals surface area contributed by atoms with Crippen LogP contribution < -0.4 is 4.74 Å². The minimum Gasteiger partial charge on any atom is -0.493 e. The van der Waals surface area contributed by atoms with Gasteiger partial charge in [-0.25, -0.2) is 0 Å². The number of amides is 1. The largest absolute Gasteiger partial charge is 0.493 e. The molecule has 0 heterocycles. The highest BCUT2D eigenvalue weighted by Gasteiger charge is 2.03. The molecule has 0 bridgehead atoms. The zero-order valence-electron chi connectivity index (χ0n) is 8.87. The third kappa shape index (κ3) is 4.34. The van der Waals surface area contributed by atoms with E-state index in [1.54, 1.807) is 19.0 Å². The highest BCUT2D eigenvalue weighted by molar-refractivity contribution is 9.10. The van der Waals surface area contributed by atoms with Crippen LogP contribution in [0.5, 0.6) is 5.75 Å². The van der Waals surface area contributed by atoms with Gasteiger partial charge in [0.05, 0.1) is 13.0 Å². The van der Waals surface area contributed by atoms with Crippen LogP contribution in [0.4, 0.5) is 0 Å². The maximum absolute atomic E-state index is 11.2.